The Balaban J connectivity index is 1.72. The largest absolute Gasteiger partial charge is 0.352 e. The van der Waals surface area contributed by atoms with E-state index in [0.717, 1.165) is 4.68 Å². The molecule has 0 unspecified atom stereocenters. The van der Waals surface area contributed by atoms with Crippen LogP contribution in [0.25, 0.3) is 17.0 Å². The number of amides is 1. The van der Waals surface area contributed by atoms with Crippen molar-refractivity contribution in [2.75, 3.05) is 5.32 Å². The number of nitrogens with one attached hydrogen (secondary N) is 1. The highest BCUT2D eigenvalue weighted by atomic mass is 35.5. The van der Waals surface area contributed by atoms with Crippen LogP contribution in [-0.4, -0.2) is 25.1 Å². The lowest BCUT2D eigenvalue weighted by atomic mass is 10.2. The lowest BCUT2D eigenvalue weighted by Crippen LogP contribution is -2.28. The van der Waals surface area contributed by atoms with E-state index in [0.29, 0.717) is 38.5 Å². The molecule has 4 rings (SSSR count). The molecule has 0 aliphatic rings. The first-order valence-electron chi connectivity index (χ1n) is 8.69. The van der Waals surface area contributed by atoms with Crippen molar-refractivity contribution < 1.29 is 4.79 Å². The Labute approximate surface area is 175 Å². The predicted molar refractivity (Wildman–Crippen MR) is 113 cm³/mol. The molecule has 0 atom stereocenters. The van der Waals surface area contributed by atoms with Gasteiger partial charge in [0.25, 0.3) is 0 Å². The number of nitrogens with zero attached hydrogens (tertiary/aromatic N) is 4. The van der Waals surface area contributed by atoms with E-state index >= 15 is 0 Å². The van der Waals surface area contributed by atoms with E-state index in [1.807, 2.05) is 13.0 Å². The topological polar surface area (TPSA) is 81.3 Å². The zero-order valence-corrected chi connectivity index (χ0v) is 16.8. The van der Waals surface area contributed by atoms with E-state index in [1.165, 1.54) is 4.40 Å². The van der Waals surface area contributed by atoms with Gasteiger partial charge in [-0.15, -0.1) is 5.10 Å². The zero-order chi connectivity index (χ0) is 20.5. The molecule has 2 aromatic carbocycles. The van der Waals surface area contributed by atoms with Crippen LogP contribution >= 0.6 is 23.2 Å². The van der Waals surface area contributed by atoms with E-state index < -0.39 is 11.6 Å². The highest BCUT2D eigenvalue weighted by Crippen LogP contribution is 2.21. The number of aromatic nitrogens is 4. The molecule has 0 aliphatic carbocycles. The van der Waals surface area contributed by atoms with Crippen molar-refractivity contribution in [3.8, 4) is 11.4 Å². The normalized spacial score (nSPS) is 11.0. The van der Waals surface area contributed by atoms with Crippen LogP contribution in [0.1, 0.15) is 5.69 Å². The van der Waals surface area contributed by atoms with Crippen molar-refractivity contribution in [3.63, 3.8) is 0 Å². The molecule has 1 amide bonds. The summed E-state index contributed by atoms with van der Waals surface area (Å²) < 4.78 is 2.47. The minimum Gasteiger partial charge on any atom is -0.324 e. The standard InChI is InChI=1S/C20H15Cl2N5O2/c1-12-8-17-25-26(11-18(28)24-16-7-3-6-15(22)10-16)20(29)27(17)19(23-12)13-4-2-5-14(21)9-13/h2-10H,11H2,1H3,(H,24,28). The second kappa shape index (κ2) is 7.69. The summed E-state index contributed by atoms with van der Waals surface area (Å²) in [7, 11) is 0. The Hall–Kier alpha value is -3.16. The molecule has 7 nitrogen and oxygen atoms in total. The summed E-state index contributed by atoms with van der Waals surface area (Å²) in [6, 6.07) is 15.5. The minimum atomic E-state index is -0.469. The smallest absolute Gasteiger partial charge is 0.324 e. The highest BCUT2D eigenvalue weighted by Gasteiger charge is 2.16. The van der Waals surface area contributed by atoms with Crippen molar-refractivity contribution >= 4 is 40.4 Å². The monoisotopic (exact) mass is 427 g/mol. The third-order valence-corrected chi connectivity index (χ3v) is 4.65. The van der Waals surface area contributed by atoms with Crippen molar-refractivity contribution in [2.45, 2.75) is 13.5 Å². The number of anilines is 1. The van der Waals surface area contributed by atoms with Crippen LogP contribution in [0.15, 0.2) is 59.4 Å². The van der Waals surface area contributed by atoms with E-state index in [1.54, 1.807) is 48.5 Å². The first kappa shape index (κ1) is 19.2. The molecule has 0 bridgehead atoms. The van der Waals surface area contributed by atoms with Crippen molar-refractivity contribution in [1.29, 1.82) is 0 Å². The number of carbonyl (C=O) groups is 1. The molecule has 0 saturated carbocycles. The summed E-state index contributed by atoms with van der Waals surface area (Å²) in [5, 5.41) is 8.02. The number of fused-ring (bicyclic) bond motifs is 1. The van der Waals surface area contributed by atoms with Gasteiger partial charge in [0.2, 0.25) is 5.91 Å². The van der Waals surface area contributed by atoms with Gasteiger partial charge in [-0.25, -0.2) is 18.9 Å². The number of hydrogen-bond donors (Lipinski definition) is 1. The van der Waals surface area contributed by atoms with Crippen LogP contribution in [-0.2, 0) is 11.3 Å². The molecule has 2 aromatic heterocycles. The average Bonchev–Trinajstić information content (AvgIpc) is 2.96. The van der Waals surface area contributed by atoms with Crippen LogP contribution < -0.4 is 11.0 Å². The van der Waals surface area contributed by atoms with Gasteiger partial charge in [-0.1, -0.05) is 41.4 Å². The lowest BCUT2D eigenvalue weighted by molar-refractivity contribution is -0.117. The lowest BCUT2D eigenvalue weighted by Gasteiger charge is -2.05. The van der Waals surface area contributed by atoms with Gasteiger partial charge in [-0.3, -0.25) is 4.79 Å². The molecule has 0 saturated heterocycles. The van der Waals surface area contributed by atoms with Crippen LogP contribution in [0, 0.1) is 6.92 Å². The molecule has 0 radical (unpaired) electrons. The van der Waals surface area contributed by atoms with E-state index in [2.05, 4.69) is 15.4 Å². The predicted octanol–water partition coefficient (Wildman–Crippen LogP) is 3.81. The van der Waals surface area contributed by atoms with Gasteiger partial charge in [0, 0.05) is 33.1 Å². The fraction of sp³-hybridized carbons (Fsp3) is 0.100. The molecule has 2 heterocycles. The van der Waals surface area contributed by atoms with Gasteiger partial charge in [0.15, 0.2) is 5.65 Å². The maximum absolute atomic E-state index is 13.0. The van der Waals surface area contributed by atoms with Gasteiger partial charge in [0.1, 0.15) is 12.4 Å². The molecule has 9 heteroatoms. The number of halogens is 2. The summed E-state index contributed by atoms with van der Waals surface area (Å²) in [6.07, 6.45) is 0. The Bertz CT molecular complexity index is 1300. The Kier molecular flexibility index (Phi) is 5.08. The van der Waals surface area contributed by atoms with Gasteiger partial charge in [-0.05, 0) is 37.3 Å². The van der Waals surface area contributed by atoms with Gasteiger partial charge < -0.3 is 5.32 Å². The van der Waals surface area contributed by atoms with Gasteiger partial charge in [0.05, 0.1) is 0 Å². The summed E-state index contributed by atoms with van der Waals surface area (Å²) >= 11 is 12.0. The van der Waals surface area contributed by atoms with Crippen molar-refractivity contribution in [3.05, 3.63) is 80.8 Å². The molecule has 4 aromatic rings. The molecule has 0 aliphatic heterocycles. The average molecular weight is 428 g/mol. The fourth-order valence-electron chi connectivity index (χ4n) is 2.98. The second-order valence-electron chi connectivity index (χ2n) is 6.42. The zero-order valence-electron chi connectivity index (χ0n) is 15.3. The third-order valence-electron chi connectivity index (χ3n) is 4.18. The van der Waals surface area contributed by atoms with Gasteiger partial charge >= 0.3 is 5.69 Å². The molecular formula is C20H15Cl2N5O2. The van der Waals surface area contributed by atoms with Crippen LogP contribution in [0.3, 0.4) is 0 Å². The Morgan fingerprint density at radius 3 is 2.52 bits per heavy atom. The summed E-state index contributed by atoms with van der Waals surface area (Å²) in [5.74, 6) is 0.0146. The maximum Gasteiger partial charge on any atom is 0.352 e. The molecule has 0 fully saturated rings. The Morgan fingerprint density at radius 1 is 1.07 bits per heavy atom. The Morgan fingerprint density at radius 2 is 1.79 bits per heavy atom. The molecular weight excluding hydrogens is 413 g/mol. The molecule has 1 N–H and O–H groups in total. The van der Waals surface area contributed by atoms with Crippen LogP contribution in [0.2, 0.25) is 10.0 Å². The number of carbonyl (C=O) groups excluding carboxylic acids is 1. The third kappa shape index (κ3) is 4.01. The summed E-state index contributed by atoms with van der Waals surface area (Å²) in [6.45, 7) is 1.56. The van der Waals surface area contributed by atoms with Gasteiger partial charge in [-0.2, -0.15) is 0 Å². The summed E-state index contributed by atoms with van der Waals surface area (Å²) in [4.78, 5) is 29.8. The van der Waals surface area contributed by atoms with E-state index in [4.69, 9.17) is 23.2 Å². The van der Waals surface area contributed by atoms with E-state index in [9.17, 15) is 9.59 Å². The molecule has 29 heavy (non-hydrogen) atoms. The first-order valence-corrected chi connectivity index (χ1v) is 9.45. The van der Waals surface area contributed by atoms with Crippen molar-refractivity contribution in [1.82, 2.24) is 19.2 Å². The summed E-state index contributed by atoms with van der Waals surface area (Å²) in [5.41, 5.74) is 1.83. The second-order valence-corrected chi connectivity index (χ2v) is 7.30. The first-order chi connectivity index (χ1) is 13.9. The molecule has 146 valence electrons. The number of benzene rings is 2. The number of rotatable bonds is 4. The number of hydrogen-bond acceptors (Lipinski definition) is 4. The number of aryl methyl sites for hydroxylation is 1. The van der Waals surface area contributed by atoms with Crippen LogP contribution in [0.4, 0.5) is 5.69 Å². The SMILES string of the molecule is Cc1cc2nn(CC(=O)Nc3cccc(Cl)c3)c(=O)n2c(-c2cccc(Cl)c2)n1. The minimum absolute atomic E-state index is 0.249. The molecule has 0 spiro atoms. The highest BCUT2D eigenvalue weighted by molar-refractivity contribution is 6.31. The fourth-order valence-corrected chi connectivity index (χ4v) is 3.36. The van der Waals surface area contributed by atoms with Crippen LogP contribution in [0.5, 0.6) is 0 Å². The van der Waals surface area contributed by atoms with Crippen molar-refractivity contribution in [2.24, 2.45) is 0 Å². The maximum atomic E-state index is 13.0. The van der Waals surface area contributed by atoms with E-state index in [-0.39, 0.29) is 6.54 Å². The quantitative estimate of drug-likeness (QED) is 0.536.